The van der Waals surface area contributed by atoms with Crippen LogP contribution in [0.5, 0.6) is 0 Å². The molecular formula is C19H29N6O4. The predicted octanol–water partition coefficient (Wildman–Crippen LogP) is 1.12. The van der Waals surface area contributed by atoms with E-state index in [-0.39, 0.29) is 24.8 Å². The number of carbonyl (C=O) groups is 2. The molecule has 0 unspecified atom stereocenters. The highest BCUT2D eigenvalue weighted by Gasteiger charge is 2.20. The topological polar surface area (TPSA) is 149 Å². The van der Waals surface area contributed by atoms with Crippen LogP contribution in [0.1, 0.15) is 38.7 Å². The van der Waals surface area contributed by atoms with Crippen molar-refractivity contribution in [1.82, 2.24) is 21.4 Å². The van der Waals surface area contributed by atoms with Gasteiger partial charge in [-0.15, -0.1) is 0 Å². The Labute approximate surface area is 170 Å². The summed E-state index contributed by atoms with van der Waals surface area (Å²) in [6, 6.07) is 8.47. The lowest BCUT2D eigenvalue weighted by Gasteiger charge is -2.19. The van der Waals surface area contributed by atoms with Crippen LogP contribution >= 0.6 is 0 Å². The number of hydrogen-bond acceptors (Lipinski definition) is 5. The first-order valence-electron chi connectivity index (χ1n) is 9.46. The van der Waals surface area contributed by atoms with Gasteiger partial charge in [-0.25, -0.2) is 10.1 Å². The van der Waals surface area contributed by atoms with Crippen molar-refractivity contribution in [1.29, 1.82) is 5.41 Å². The number of hydrazine groups is 1. The molecule has 0 heterocycles. The van der Waals surface area contributed by atoms with Gasteiger partial charge in [0.1, 0.15) is 6.04 Å². The lowest BCUT2D eigenvalue weighted by molar-refractivity contribution is -0.525. The Bertz CT molecular complexity index is 681. The number of hydrogen-bond donors (Lipinski definition) is 5. The zero-order valence-electron chi connectivity index (χ0n) is 16.7. The molecule has 1 rings (SSSR count). The molecule has 0 aliphatic rings. The number of rotatable bonds is 12. The standard InChI is InChI=1S/C19H29N6O4/c1-14(2)10-12-21-18(27)16(9-6-11-22-19(20)24-25(28)29)23-17(26)13-15-7-4-3-5-8-15/h3-5,7-8,12,14,16H,6,9-11,13H2,1-2H3,(H,21,27)(H,23,26)(H3,20,22,24)/t16-/m0/s1. The van der Waals surface area contributed by atoms with Crippen LogP contribution in [0.2, 0.25) is 0 Å². The summed E-state index contributed by atoms with van der Waals surface area (Å²) < 4.78 is 0. The quantitative estimate of drug-likeness (QED) is 0.116. The zero-order valence-corrected chi connectivity index (χ0v) is 16.7. The Morgan fingerprint density at radius 3 is 2.55 bits per heavy atom. The van der Waals surface area contributed by atoms with Gasteiger partial charge in [0.2, 0.25) is 11.8 Å². The van der Waals surface area contributed by atoms with Gasteiger partial charge in [0.05, 0.1) is 6.42 Å². The average molecular weight is 405 g/mol. The summed E-state index contributed by atoms with van der Waals surface area (Å²) in [7, 11) is 0. The first-order chi connectivity index (χ1) is 13.8. The lowest BCUT2D eigenvalue weighted by Crippen LogP contribution is -2.47. The van der Waals surface area contributed by atoms with Crippen LogP contribution in [0.15, 0.2) is 30.3 Å². The molecule has 29 heavy (non-hydrogen) atoms. The Morgan fingerprint density at radius 2 is 1.93 bits per heavy atom. The van der Waals surface area contributed by atoms with Crippen molar-refractivity contribution in [2.45, 2.75) is 45.6 Å². The van der Waals surface area contributed by atoms with Crippen molar-refractivity contribution in [3.8, 4) is 0 Å². The molecule has 0 spiro atoms. The predicted molar refractivity (Wildman–Crippen MR) is 109 cm³/mol. The number of amides is 2. The highest BCUT2D eigenvalue weighted by Crippen LogP contribution is 2.04. The van der Waals surface area contributed by atoms with Crippen LogP contribution in [0.3, 0.4) is 0 Å². The molecule has 0 aromatic heterocycles. The summed E-state index contributed by atoms with van der Waals surface area (Å²) >= 11 is 0. The summed E-state index contributed by atoms with van der Waals surface area (Å²) in [5, 5.41) is 24.8. The van der Waals surface area contributed by atoms with E-state index in [9.17, 15) is 19.7 Å². The monoisotopic (exact) mass is 405 g/mol. The van der Waals surface area contributed by atoms with E-state index >= 15 is 0 Å². The van der Waals surface area contributed by atoms with Crippen molar-refractivity contribution in [3.05, 3.63) is 52.6 Å². The van der Waals surface area contributed by atoms with Gasteiger partial charge >= 0.3 is 0 Å². The second-order valence-corrected chi connectivity index (χ2v) is 6.94. The first-order valence-corrected chi connectivity index (χ1v) is 9.46. The second-order valence-electron chi connectivity index (χ2n) is 6.94. The van der Waals surface area contributed by atoms with E-state index in [0.717, 1.165) is 5.56 Å². The van der Waals surface area contributed by atoms with Crippen LogP contribution in [0.25, 0.3) is 0 Å². The Hall–Kier alpha value is -3.17. The molecule has 2 amide bonds. The van der Waals surface area contributed by atoms with Crippen LogP contribution in [-0.2, 0) is 16.0 Å². The maximum atomic E-state index is 12.5. The summed E-state index contributed by atoms with van der Waals surface area (Å²) in [6.07, 6.45) is 1.62. The third kappa shape index (κ3) is 11.3. The molecule has 10 nitrogen and oxygen atoms in total. The van der Waals surface area contributed by atoms with Crippen molar-refractivity contribution < 1.29 is 14.6 Å². The van der Waals surface area contributed by atoms with E-state index in [1.54, 1.807) is 12.0 Å². The first kappa shape index (κ1) is 23.9. The van der Waals surface area contributed by atoms with Gasteiger partial charge in [-0.3, -0.25) is 15.0 Å². The van der Waals surface area contributed by atoms with Gasteiger partial charge in [0, 0.05) is 13.1 Å². The fourth-order valence-corrected chi connectivity index (χ4v) is 2.44. The smallest absolute Gasteiger partial charge is 0.251 e. The zero-order chi connectivity index (χ0) is 21.6. The average Bonchev–Trinajstić information content (AvgIpc) is 2.64. The van der Waals surface area contributed by atoms with E-state index in [0.29, 0.717) is 25.2 Å². The summed E-state index contributed by atoms with van der Waals surface area (Å²) in [5.74, 6) is -0.624. The highest BCUT2D eigenvalue weighted by molar-refractivity contribution is 5.88. The molecule has 1 aromatic rings. The maximum Gasteiger partial charge on any atom is 0.251 e. The molecular weight excluding hydrogens is 376 g/mol. The maximum absolute atomic E-state index is 12.5. The third-order valence-electron chi connectivity index (χ3n) is 3.87. The molecule has 159 valence electrons. The van der Waals surface area contributed by atoms with Crippen molar-refractivity contribution in [2.24, 2.45) is 5.92 Å². The minimum absolute atomic E-state index is 0.163. The minimum Gasteiger partial charge on any atom is -0.352 e. The lowest BCUT2D eigenvalue weighted by atomic mass is 10.1. The SMILES string of the molecule is CC(C)C[CH]NC(=O)[C@H](CCCNC(=N)N[N+](=O)[O-])NC(=O)Cc1ccccc1. The minimum atomic E-state index is -0.833. The molecule has 5 N–H and O–H groups in total. The summed E-state index contributed by atoms with van der Waals surface area (Å²) in [5.41, 5.74) is 2.54. The molecule has 1 aromatic carbocycles. The number of carbonyl (C=O) groups excluding carboxylic acids is 2. The Balaban J connectivity index is 2.55. The van der Waals surface area contributed by atoms with Gasteiger partial charge in [0.15, 0.2) is 5.03 Å². The number of nitrogens with one attached hydrogen (secondary N) is 5. The Morgan fingerprint density at radius 1 is 1.24 bits per heavy atom. The van der Waals surface area contributed by atoms with Crippen LogP contribution < -0.4 is 21.4 Å². The van der Waals surface area contributed by atoms with Gasteiger partial charge in [-0.05, 0) is 30.7 Å². The molecule has 0 aliphatic carbocycles. The molecule has 0 fully saturated rings. The van der Waals surface area contributed by atoms with Crippen LogP contribution in [0.4, 0.5) is 0 Å². The number of guanidine groups is 1. The molecule has 0 aliphatic heterocycles. The number of benzene rings is 1. The summed E-state index contributed by atoms with van der Waals surface area (Å²) in [4.78, 5) is 35.1. The highest BCUT2D eigenvalue weighted by atomic mass is 16.7. The van der Waals surface area contributed by atoms with Gasteiger partial charge < -0.3 is 16.0 Å². The van der Waals surface area contributed by atoms with E-state index in [4.69, 9.17) is 5.41 Å². The molecule has 0 saturated heterocycles. The van der Waals surface area contributed by atoms with Crippen LogP contribution in [-0.4, -0.2) is 35.4 Å². The fourth-order valence-electron chi connectivity index (χ4n) is 2.44. The molecule has 1 radical (unpaired) electrons. The fraction of sp³-hybridized carbons (Fsp3) is 0.474. The van der Waals surface area contributed by atoms with E-state index < -0.39 is 17.0 Å². The van der Waals surface area contributed by atoms with E-state index in [1.807, 2.05) is 44.2 Å². The van der Waals surface area contributed by atoms with Crippen molar-refractivity contribution in [3.63, 3.8) is 0 Å². The molecule has 0 bridgehead atoms. The van der Waals surface area contributed by atoms with Gasteiger partial charge in [-0.2, -0.15) is 0 Å². The van der Waals surface area contributed by atoms with E-state index in [1.165, 1.54) is 0 Å². The molecule has 0 saturated carbocycles. The molecule has 1 atom stereocenters. The van der Waals surface area contributed by atoms with Crippen molar-refractivity contribution in [2.75, 3.05) is 6.54 Å². The second kappa shape index (κ2) is 13.1. The van der Waals surface area contributed by atoms with Crippen LogP contribution in [0, 0.1) is 28.0 Å². The summed E-state index contributed by atoms with van der Waals surface area (Å²) in [6.45, 7) is 5.98. The molecule has 10 heteroatoms. The Kier molecular flexibility index (Phi) is 10.8. The van der Waals surface area contributed by atoms with Gasteiger partial charge in [-0.1, -0.05) is 49.6 Å². The normalized spacial score (nSPS) is 11.4. The van der Waals surface area contributed by atoms with Gasteiger partial charge in [0.25, 0.3) is 5.96 Å². The van der Waals surface area contributed by atoms with Crippen molar-refractivity contribution >= 4 is 17.8 Å². The van der Waals surface area contributed by atoms with E-state index in [2.05, 4.69) is 16.0 Å². The largest absolute Gasteiger partial charge is 0.352 e. The third-order valence-corrected chi connectivity index (χ3v) is 3.87. The number of nitrogens with zero attached hydrogens (tertiary/aromatic N) is 1. The number of nitro groups is 1.